The van der Waals surface area contributed by atoms with E-state index in [-0.39, 0.29) is 41.2 Å². The van der Waals surface area contributed by atoms with Crippen LogP contribution in [0.1, 0.15) is 44.6 Å². The maximum Gasteiger partial charge on any atom is 0.229 e. The molecule has 148 valence electrons. The minimum atomic E-state index is -0.0639. The molecular formula is C20H29IN4O2. The predicted molar refractivity (Wildman–Crippen MR) is 117 cm³/mol. The van der Waals surface area contributed by atoms with Gasteiger partial charge in [0.25, 0.3) is 0 Å². The number of carbonyl (C=O) groups is 2. The quantitative estimate of drug-likeness (QED) is 0.270. The molecule has 2 amide bonds. The SMILES string of the molecule is CCNC(=NCC1(c2ccccc2)CC1)NCCN1C(=O)CCCC1=O.I. The van der Waals surface area contributed by atoms with Crippen LogP contribution in [0.5, 0.6) is 0 Å². The number of likely N-dealkylation sites (tertiary alicyclic amines) is 1. The molecule has 0 unspecified atom stereocenters. The molecule has 6 nitrogen and oxygen atoms in total. The third-order valence-corrected chi connectivity index (χ3v) is 5.14. The predicted octanol–water partition coefficient (Wildman–Crippen LogP) is 2.43. The number of piperidine rings is 1. The number of aliphatic imine (C=N–C) groups is 1. The Labute approximate surface area is 178 Å². The summed E-state index contributed by atoms with van der Waals surface area (Å²) in [5.74, 6) is 0.614. The lowest BCUT2D eigenvalue weighted by Crippen LogP contribution is -2.46. The van der Waals surface area contributed by atoms with Gasteiger partial charge in [-0.15, -0.1) is 24.0 Å². The lowest BCUT2D eigenvalue weighted by molar-refractivity contribution is -0.147. The van der Waals surface area contributed by atoms with Crippen LogP contribution in [0.3, 0.4) is 0 Å². The van der Waals surface area contributed by atoms with Crippen LogP contribution in [0.15, 0.2) is 35.3 Å². The average Bonchev–Trinajstić information content (AvgIpc) is 3.44. The number of hydrogen-bond acceptors (Lipinski definition) is 3. The number of hydrogen-bond donors (Lipinski definition) is 2. The Kier molecular flexibility index (Phi) is 8.07. The first-order valence-corrected chi connectivity index (χ1v) is 9.55. The third kappa shape index (κ3) is 5.67. The van der Waals surface area contributed by atoms with Crippen LogP contribution in [0.4, 0.5) is 0 Å². The number of carbonyl (C=O) groups excluding carboxylic acids is 2. The summed E-state index contributed by atoms with van der Waals surface area (Å²) in [5.41, 5.74) is 1.52. The Morgan fingerprint density at radius 1 is 1.11 bits per heavy atom. The van der Waals surface area contributed by atoms with Crippen LogP contribution in [-0.4, -0.2) is 48.9 Å². The zero-order chi connectivity index (χ0) is 18.4. The highest BCUT2D eigenvalue weighted by Crippen LogP contribution is 2.48. The summed E-state index contributed by atoms with van der Waals surface area (Å²) < 4.78 is 0. The fourth-order valence-electron chi connectivity index (χ4n) is 3.39. The third-order valence-electron chi connectivity index (χ3n) is 5.14. The Bertz CT molecular complexity index is 658. The molecule has 1 aliphatic heterocycles. The van der Waals surface area contributed by atoms with Gasteiger partial charge in [0.2, 0.25) is 11.8 Å². The molecule has 1 aromatic rings. The number of imide groups is 1. The van der Waals surface area contributed by atoms with Crippen molar-refractivity contribution in [1.29, 1.82) is 0 Å². The summed E-state index contributed by atoms with van der Waals surface area (Å²) in [7, 11) is 0. The molecule has 7 heteroatoms. The summed E-state index contributed by atoms with van der Waals surface area (Å²) in [6.07, 6.45) is 3.94. The number of guanidine groups is 1. The summed E-state index contributed by atoms with van der Waals surface area (Å²) in [6, 6.07) is 10.6. The molecule has 0 radical (unpaired) electrons. The van der Waals surface area contributed by atoms with E-state index in [0.717, 1.165) is 31.9 Å². The lowest BCUT2D eigenvalue weighted by atomic mass is 9.96. The van der Waals surface area contributed by atoms with Gasteiger partial charge in [0.05, 0.1) is 6.54 Å². The minimum absolute atomic E-state index is 0. The standard InChI is InChI=1S/C20H28N4O2.HI/c1-2-21-19(22-13-14-24-17(25)9-6-10-18(24)26)23-15-20(11-12-20)16-7-4-3-5-8-16;/h3-5,7-8H,2,6,9-15H2,1H3,(H2,21,22,23);1H. The van der Waals surface area contributed by atoms with Crippen LogP contribution in [0.25, 0.3) is 0 Å². The van der Waals surface area contributed by atoms with Crippen molar-refractivity contribution in [3.63, 3.8) is 0 Å². The molecule has 3 rings (SSSR count). The topological polar surface area (TPSA) is 73.8 Å². The number of benzene rings is 1. The van der Waals surface area contributed by atoms with E-state index in [1.807, 2.05) is 13.0 Å². The minimum Gasteiger partial charge on any atom is -0.357 e. The zero-order valence-corrected chi connectivity index (χ0v) is 18.2. The normalized spacial score (nSPS) is 18.7. The number of halogens is 1. The molecule has 0 atom stereocenters. The highest BCUT2D eigenvalue weighted by atomic mass is 127. The van der Waals surface area contributed by atoms with Crippen molar-refractivity contribution in [2.75, 3.05) is 26.2 Å². The second kappa shape index (κ2) is 10.1. The van der Waals surface area contributed by atoms with Crippen molar-refractivity contribution in [2.45, 2.75) is 44.4 Å². The van der Waals surface area contributed by atoms with E-state index >= 15 is 0 Å². The summed E-state index contributed by atoms with van der Waals surface area (Å²) in [6.45, 7) is 4.45. The molecule has 0 bridgehead atoms. The van der Waals surface area contributed by atoms with E-state index < -0.39 is 0 Å². The van der Waals surface area contributed by atoms with Gasteiger partial charge in [-0.25, -0.2) is 0 Å². The molecule has 1 saturated heterocycles. The molecule has 0 spiro atoms. The number of rotatable bonds is 7. The second-order valence-corrected chi connectivity index (χ2v) is 7.06. The summed E-state index contributed by atoms with van der Waals surface area (Å²) >= 11 is 0. The molecule has 1 aromatic carbocycles. The molecule has 2 aliphatic rings. The van der Waals surface area contributed by atoms with Crippen LogP contribution >= 0.6 is 24.0 Å². The van der Waals surface area contributed by atoms with Gasteiger partial charge in [0.15, 0.2) is 5.96 Å². The Balaban J connectivity index is 0.00000261. The monoisotopic (exact) mass is 484 g/mol. The molecule has 0 aromatic heterocycles. The van der Waals surface area contributed by atoms with Crippen LogP contribution in [0, 0.1) is 0 Å². The highest BCUT2D eigenvalue weighted by molar-refractivity contribution is 14.0. The maximum atomic E-state index is 11.9. The van der Waals surface area contributed by atoms with Gasteiger partial charge in [-0.1, -0.05) is 30.3 Å². The van der Waals surface area contributed by atoms with Gasteiger partial charge < -0.3 is 10.6 Å². The number of nitrogens with zero attached hydrogens (tertiary/aromatic N) is 2. The Morgan fingerprint density at radius 2 is 1.78 bits per heavy atom. The molecular weight excluding hydrogens is 455 g/mol. The van der Waals surface area contributed by atoms with Gasteiger partial charge in [0, 0.05) is 37.9 Å². The van der Waals surface area contributed by atoms with E-state index in [1.165, 1.54) is 10.5 Å². The Morgan fingerprint density at radius 3 is 2.37 bits per heavy atom. The molecule has 1 saturated carbocycles. The highest BCUT2D eigenvalue weighted by Gasteiger charge is 2.44. The first kappa shape index (κ1) is 21.7. The van der Waals surface area contributed by atoms with Gasteiger partial charge in [-0.05, 0) is 31.7 Å². The zero-order valence-electron chi connectivity index (χ0n) is 15.9. The van der Waals surface area contributed by atoms with E-state index in [9.17, 15) is 9.59 Å². The van der Waals surface area contributed by atoms with Crippen LogP contribution < -0.4 is 10.6 Å². The lowest BCUT2D eigenvalue weighted by Gasteiger charge is -2.25. The van der Waals surface area contributed by atoms with Gasteiger partial charge in [0.1, 0.15) is 0 Å². The van der Waals surface area contributed by atoms with E-state index in [4.69, 9.17) is 4.99 Å². The molecule has 1 heterocycles. The van der Waals surface area contributed by atoms with Crippen molar-refractivity contribution >= 4 is 41.8 Å². The summed E-state index contributed by atoms with van der Waals surface area (Å²) in [5, 5.41) is 6.50. The fourth-order valence-corrected chi connectivity index (χ4v) is 3.39. The van der Waals surface area contributed by atoms with Crippen molar-refractivity contribution in [3.8, 4) is 0 Å². The second-order valence-electron chi connectivity index (χ2n) is 7.06. The molecule has 2 N–H and O–H groups in total. The maximum absolute atomic E-state index is 11.9. The van der Waals surface area contributed by atoms with Crippen LogP contribution in [0.2, 0.25) is 0 Å². The van der Waals surface area contributed by atoms with E-state index in [1.54, 1.807) is 0 Å². The largest absolute Gasteiger partial charge is 0.357 e. The molecule has 27 heavy (non-hydrogen) atoms. The first-order valence-electron chi connectivity index (χ1n) is 9.55. The number of nitrogens with one attached hydrogen (secondary N) is 2. The molecule has 2 fully saturated rings. The smallest absolute Gasteiger partial charge is 0.229 e. The first-order chi connectivity index (χ1) is 12.6. The van der Waals surface area contributed by atoms with E-state index in [2.05, 4.69) is 34.9 Å². The van der Waals surface area contributed by atoms with E-state index in [0.29, 0.717) is 32.4 Å². The average molecular weight is 484 g/mol. The fraction of sp³-hybridized carbons (Fsp3) is 0.550. The van der Waals surface area contributed by atoms with Gasteiger partial charge in [-0.3, -0.25) is 19.5 Å². The van der Waals surface area contributed by atoms with Crippen molar-refractivity contribution in [1.82, 2.24) is 15.5 Å². The van der Waals surface area contributed by atoms with Crippen LogP contribution in [-0.2, 0) is 15.0 Å². The molecule has 1 aliphatic carbocycles. The Hall–Kier alpha value is -1.64. The van der Waals surface area contributed by atoms with Gasteiger partial charge >= 0.3 is 0 Å². The summed E-state index contributed by atoms with van der Waals surface area (Å²) in [4.78, 5) is 29.8. The van der Waals surface area contributed by atoms with Crippen molar-refractivity contribution in [3.05, 3.63) is 35.9 Å². The number of amides is 2. The van der Waals surface area contributed by atoms with Gasteiger partial charge in [-0.2, -0.15) is 0 Å². The van der Waals surface area contributed by atoms with Crippen molar-refractivity contribution in [2.24, 2.45) is 4.99 Å². The van der Waals surface area contributed by atoms with Crippen molar-refractivity contribution < 1.29 is 9.59 Å².